The van der Waals surface area contributed by atoms with E-state index in [-0.39, 0.29) is 30.4 Å². The molecule has 8 nitrogen and oxygen atoms in total. The lowest BCUT2D eigenvalue weighted by Gasteiger charge is -2.18. The van der Waals surface area contributed by atoms with Crippen molar-refractivity contribution < 1.29 is 18.0 Å². The number of aryl methyl sites for hydroxylation is 2. The van der Waals surface area contributed by atoms with Crippen LogP contribution in [0.5, 0.6) is 0 Å². The lowest BCUT2D eigenvalue weighted by Crippen LogP contribution is -2.45. The summed E-state index contributed by atoms with van der Waals surface area (Å²) in [6.45, 7) is 8.51. The van der Waals surface area contributed by atoms with Crippen LogP contribution < -0.4 is 15.4 Å². The normalized spacial score (nSPS) is 11.1. The fourth-order valence-electron chi connectivity index (χ4n) is 2.34. The van der Waals surface area contributed by atoms with Crippen LogP contribution in [0, 0.1) is 13.8 Å². The van der Waals surface area contributed by atoms with Crippen molar-refractivity contribution in [3.05, 3.63) is 29.3 Å². The van der Waals surface area contributed by atoms with Crippen LogP contribution in [0.1, 0.15) is 25.0 Å². The highest BCUT2D eigenvalue weighted by Crippen LogP contribution is 2.16. The topological polar surface area (TPSA) is 108 Å². The van der Waals surface area contributed by atoms with E-state index < -0.39 is 16.1 Å². The van der Waals surface area contributed by atoms with Crippen LogP contribution in [-0.2, 0) is 14.8 Å². The molecule has 0 aliphatic carbocycles. The van der Waals surface area contributed by atoms with Crippen molar-refractivity contribution in [2.45, 2.75) is 32.6 Å². The molecule has 0 aliphatic heterocycles. The quantitative estimate of drug-likeness (QED) is 0.546. The Hall–Kier alpha value is -2.13. The Morgan fingerprint density at radius 1 is 1.04 bits per heavy atom. The molecule has 0 unspecified atom stereocenters. The molecular weight excluding hydrogens is 356 g/mol. The number of sulfonamides is 1. The Kier molecular flexibility index (Phi) is 8.53. The highest BCUT2D eigenvalue weighted by atomic mass is 32.2. The fourth-order valence-corrected chi connectivity index (χ4v) is 3.70. The molecule has 3 N–H and O–H groups in total. The summed E-state index contributed by atoms with van der Waals surface area (Å²) in [4.78, 5) is 25.3. The first-order valence-electron chi connectivity index (χ1n) is 8.57. The lowest BCUT2D eigenvalue weighted by atomic mass is 10.2. The van der Waals surface area contributed by atoms with Crippen LogP contribution in [0.4, 0.5) is 4.79 Å². The molecule has 146 valence electrons. The molecule has 26 heavy (non-hydrogen) atoms. The van der Waals surface area contributed by atoms with Gasteiger partial charge in [-0.2, -0.15) is 0 Å². The van der Waals surface area contributed by atoms with Crippen LogP contribution in [0.2, 0.25) is 0 Å². The summed E-state index contributed by atoms with van der Waals surface area (Å²) in [5, 5.41) is 4.97. The monoisotopic (exact) mass is 384 g/mol. The van der Waals surface area contributed by atoms with Gasteiger partial charge in [-0.3, -0.25) is 4.79 Å². The first kappa shape index (κ1) is 21.9. The van der Waals surface area contributed by atoms with Gasteiger partial charge in [0.2, 0.25) is 15.9 Å². The number of benzene rings is 1. The average Bonchev–Trinajstić information content (AvgIpc) is 2.60. The molecule has 0 bridgehead atoms. The van der Waals surface area contributed by atoms with Crippen molar-refractivity contribution >= 4 is 22.0 Å². The molecule has 0 heterocycles. The van der Waals surface area contributed by atoms with Gasteiger partial charge in [0.05, 0.1) is 11.4 Å². The number of amides is 3. The highest BCUT2D eigenvalue weighted by Gasteiger charge is 2.16. The molecule has 0 aliphatic rings. The van der Waals surface area contributed by atoms with Gasteiger partial charge in [-0.1, -0.05) is 12.1 Å². The molecular formula is C17H28N4O4S. The van der Waals surface area contributed by atoms with Crippen molar-refractivity contribution in [1.29, 1.82) is 0 Å². The van der Waals surface area contributed by atoms with Crippen molar-refractivity contribution in [2.75, 3.05) is 32.7 Å². The smallest absolute Gasteiger partial charge is 0.315 e. The number of hydrogen-bond donors (Lipinski definition) is 3. The van der Waals surface area contributed by atoms with E-state index in [1.807, 2.05) is 26.8 Å². The van der Waals surface area contributed by atoms with E-state index in [4.69, 9.17) is 0 Å². The van der Waals surface area contributed by atoms with Gasteiger partial charge in [0.1, 0.15) is 0 Å². The Morgan fingerprint density at radius 2 is 1.69 bits per heavy atom. The molecule has 0 saturated carbocycles. The number of rotatable bonds is 9. The second kappa shape index (κ2) is 10.1. The minimum absolute atomic E-state index is 0.0487. The number of hydrogen-bond acceptors (Lipinski definition) is 4. The third-order valence-corrected chi connectivity index (χ3v) is 5.46. The average molecular weight is 385 g/mol. The van der Waals surface area contributed by atoms with Gasteiger partial charge in [0, 0.05) is 26.2 Å². The van der Waals surface area contributed by atoms with Crippen LogP contribution in [0.15, 0.2) is 23.1 Å². The van der Waals surface area contributed by atoms with Crippen LogP contribution >= 0.6 is 0 Å². The van der Waals surface area contributed by atoms with Crippen molar-refractivity contribution in [3.8, 4) is 0 Å². The summed E-state index contributed by atoms with van der Waals surface area (Å²) < 4.78 is 27.1. The van der Waals surface area contributed by atoms with Gasteiger partial charge < -0.3 is 15.5 Å². The summed E-state index contributed by atoms with van der Waals surface area (Å²) in [7, 11) is -3.64. The third kappa shape index (κ3) is 6.64. The summed E-state index contributed by atoms with van der Waals surface area (Å²) in [6, 6.07) is 4.69. The van der Waals surface area contributed by atoms with Crippen LogP contribution in [0.3, 0.4) is 0 Å². The predicted molar refractivity (Wildman–Crippen MR) is 100 cm³/mol. The molecule has 1 rings (SSSR count). The Balaban J connectivity index is 2.40. The van der Waals surface area contributed by atoms with E-state index >= 15 is 0 Å². The molecule has 3 amide bonds. The van der Waals surface area contributed by atoms with Crippen molar-refractivity contribution in [1.82, 2.24) is 20.3 Å². The molecule has 9 heteroatoms. The zero-order valence-corrected chi connectivity index (χ0v) is 16.6. The van der Waals surface area contributed by atoms with E-state index in [2.05, 4.69) is 15.4 Å². The van der Waals surface area contributed by atoms with Gasteiger partial charge in [-0.25, -0.2) is 17.9 Å². The van der Waals surface area contributed by atoms with E-state index in [1.54, 1.807) is 24.0 Å². The van der Waals surface area contributed by atoms with Gasteiger partial charge in [-0.05, 0) is 44.9 Å². The van der Waals surface area contributed by atoms with E-state index in [0.29, 0.717) is 18.7 Å². The second-order valence-electron chi connectivity index (χ2n) is 5.84. The Morgan fingerprint density at radius 3 is 2.31 bits per heavy atom. The van der Waals surface area contributed by atoms with Crippen molar-refractivity contribution in [3.63, 3.8) is 0 Å². The molecule has 1 aromatic carbocycles. The zero-order chi connectivity index (χ0) is 19.7. The Bertz CT molecular complexity index is 730. The fraction of sp³-hybridized carbons (Fsp3) is 0.529. The van der Waals surface area contributed by atoms with Crippen molar-refractivity contribution in [2.24, 2.45) is 0 Å². The van der Waals surface area contributed by atoms with E-state index in [1.165, 1.54) is 0 Å². The number of urea groups is 1. The maximum absolute atomic E-state index is 12.3. The third-order valence-electron chi connectivity index (χ3n) is 3.85. The van der Waals surface area contributed by atoms with Crippen LogP contribution in [-0.4, -0.2) is 58.0 Å². The minimum Gasteiger partial charge on any atom is -0.342 e. The number of likely N-dealkylation sites (N-methyl/N-ethyl adjacent to an activating group) is 1. The molecule has 0 saturated heterocycles. The maximum Gasteiger partial charge on any atom is 0.315 e. The summed E-state index contributed by atoms with van der Waals surface area (Å²) in [5.41, 5.74) is 1.51. The summed E-state index contributed by atoms with van der Waals surface area (Å²) in [5.74, 6) is -0.166. The van der Waals surface area contributed by atoms with Gasteiger partial charge in [0.15, 0.2) is 0 Å². The first-order valence-corrected chi connectivity index (χ1v) is 10.1. The predicted octanol–water partition coefficient (Wildman–Crippen LogP) is 0.749. The molecule has 0 fully saturated rings. The second-order valence-corrected chi connectivity index (χ2v) is 7.58. The molecule has 1 aromatic rings. The molecule has 0 radical (unpaired) electrons. The number of nitrogens with zero attached hydrogens (tertiary/aromatic N) is 1. The number of nitrogens with one attached hydrogen (secondary N) is 3. The largest absolute Gasteiger partial charge is 0.342 e. The summed E-state index contributed by atoms with van der Waals surface area (Å²) in [6.07, 6.45) is 0. The van der Waals surface area contributed by atoms with Gasteiger partial charge >= 0.3 is 6.03 Å². The van der Waals surface area contributed by atoms with Gasteiger partial charge in [0.25, 0.3) is 0 Å². The Labute approximate surface area is 155 Å². The standard InChI is InChI=1S/C17H28N4O4S/c1-5-21(6-2)16(22)12-19-17(23)18-9-10-20-26(24,25)15-11-13(3)7-8-14(15)4/h7-8,11,20H,5-6,9-10,12H2,1-4H3,(H2,18,19,23). The van der Waals surface area contributed by atoms with E-state index in [0.717, 1.165) is 5.56 Å². The highest BCUT2D eigenvalue weighted by molar-refractivity contribution is 7.89. The summed E-state index contributed by atoms with van der Waals surface area (Å²) >= 11 is 0. The maximum atomic E-state index is 12.3. The van der Waals surface area contributed by atoms with E-state index in [9.17, 15) is 18.0 Å². The zero-order valence-electron chi connectivity index (χ0n) is 15.8. The first-order chi connectivity index (χ1) is 12.2. The van der Waals surface area contributed by atoms with Gasteiger partial charge in [-0.15, -0.1) is 0 Å². The SMILES string of the molecule is CCN(CC)C(=O)CNC(=O)NCCNS(=O)(=O)c1cc(C)ccc1C. The lowest BCUT2D eigenvalue weighted by molar-refractivity contribution is -0.129. The minimum atomic E-state index is -3.64. The molecule has 0 atom stereocenters. The number of carbonyl (C=O) groups excluding carboxylic acids is 2. The van der Waals surface area contributed by atoms with Crippen LogP contribution in [0.25, 0.3) is 0 Å². The molecule has 0 spiro atoms. The number of carbonyl (C=O) groups is 2. The molecule has 0 aromatic heterocycles.